The second-order valence-corrected chi connectivity index (χ2v) is 4.19. The van der Waals surface area contributed by atoms with Crippen LogP contribution in [0.2, 0.25) is 0 Å². The predicted molar refractivity (Wildman–Crippen MR) is 69.3 cm³/mol. The molecule has 0 aliphatic heterocycles. The van der Waals surface area contributed by atoms with Crippen molar-refractivity contribution < 1.29 is 0 Å². The van der Waals surface area contributed by atoms with Crippen LogP contribution in [0.3, 0.4) is 0 Å². The largest absolute Gasteiger partial charge is 0.384 e. The Hall–Kier alpha value is -1.09. The molecule has 0 aliphatic carbocycles. The SMILES string of the molecule is CCCCC(Cc1ccnc(N)c1)NCC. The van der Waals surface area contributed by atoms with E-state index in [9.17, 15) is 0 Å². The lowest BCUT2D eigenvalue weighted by atomic mass is 10.0. The first kappa shape index (κ1) is 13.0. The fourth-order valence-electron chi connectivity index (χ4n) is 1.92. The maximum Gasteiger partial charge on any atom is 0.123 e. The van der Waals surface area contributed by atoms with Crippen molar-refractivity contribution in [1.29, 1.82) is 0 Å². The molecule has 1 rings (SSSR count). The number of nitrogens with zero attached hydrogens (tertiary/aromatic N) is 1. The van der Waals surface area contributed by atoms with Gasteiger partial charge in [-0.25, -0.2) is 4.98 Å². The molecule has 0 saturated heterocycles. The maximum absolute atomic E-state index is 5.68. The van der Waals surface area contributed by atoms with Crippen molar-refractivity contribution in [2.24, 2.45) is 0 Å². The van der Waals surface area contributed by atoms with E-state index in [1.54, 1.807) is 6.20 Å². The number of aromatic nitrogens is 1. The number of hydrogen-bond donors (Lipinski definition) is 2. The fraction of sp³-hybridized carbons (Fsp3) is 0.615. The topological polar surface area (TPSA) is 50.9 Å². The highest BCUT2D eigenvalue weighted by Crippen LogP contribution is 2.10. The van der Waals surface area contributed by atoms with E-state index in [-0.39, 0.29) is 0 Å². The molecule has 0 saturated carbocycles. The molecular formula is C13H23N3. The first-order chi connectivity index (χ1) is 7.76. The van der Waals surface area contributed by atoms with E-state index in [0.717, 1.165) is 13.0 Å². The molecule has 16 heavy (non-hydrogen) atoms. The van der Waals surface area contributed by atoms with E-state index in [1.165, 1.54) is 24.8 Å². The van der Waals surface area contributed by atoms with Crippen molar-refractivity contribution in [3.05, 3.63) is 23.9 Å². The van der Waals surface area contributed by atoms with Crippen molar-refractivity contribution in [2.75, 3.05) is 12.3 Å². The van der Waals surface area contributed by atoms with Crippen molar-refractivity contribution in [1.82, 2.24) is 10.3 Å². The molecule has 3 heteroatoms. The predicted octanol–water partition coefficient (Wildman–Crippen LogP) is 2.37. The molecule has 0 fully saturated rings. The number of anilines is 1. The lowest BCUT2D eigenvalue weighted by Crippen LogP contribution is -2.30. The first-order valence-corrected chi connectivity index (χ1v) is 6.20. The number of pyridine rings is 1. The number of nitrogens with one attached hydrogen (secondary N) is 1. The quantitative estimate of drug-likeness (QED) is 0.743. The number of rotatable bonds is 7. The summed E-state index contributed by atoms with van der Waals surface area (Å²) in [6.07, 6.45) is 6.58. The highest BCUT2D eigenvalue weighted by molar-refractivity contribution is 5.32. The summed E-state index contributed by atoms with van der Waals surface area (Å²) in [5, 5.41) is 3.52. The molecule has 0 radical (unpaired) electrons. The van der Waals surface area contributed by atoms with Crippen LogP contribution in [0.4, 0.5) is 5.82 Å². The Balaban J connectivity index is 2.52. The minimum Gasteiger partial charge on any atom is -0.384 e. The summed E-state index contributed by atoms with van der Waals surface area (Å²) >= 11 is 0. The first-order valence-electron chi connectivity index (χ1n) is 6.20. The van der Waals surface area contributed by atoms with Gasteiger partial charge in [0.15, 0.2) is 0 Å². The van der Waals surface area contributed by atoms with E-state index in [2.05, 4.69) is 24.1 Å². The molecule has 3 N–H and O–H groups in total. The molecular weight excluding hydrogens is 198 g/mol. The van der Waals surface area contributed by atoms with Crippen molar-refractivity contribution in [3.63, 3.8) is 0 Å². The molecule has 0 spiro atoms. The summed E-state index contributed by atoms with van der Waals surface area (Å²) in [5.41, 5.74) is 6.95. The number of hydrogen-bond acceptors (Lipinski definition) is 3. The third-order valence-corrected chi connectivity index (χ3v) is 2.73. The summed E-state index contributed by atoms with van der Waals surface area (Å²) in [4.78, 5) is 4.01. The van der Waals surface area contributed by atoms with Gasteiger partial charge in [0.25, 0.3) is 0 Å². The van der Waals surface area contributed by atoms with Gasteiger partial charge < -0.3 is 11.1 Å². The normalized spacial score (nSPS) is 12.6. The molecule has 0 amide bonds. The average molecular weight is 221 g/mol. The van der Waals surface area contributed by atoms with Crippen LogP contribution in [-0.4, -0.2) is 17.6 Å². The Morgan fingerprint density at radius 1 is 1.44 bits per heavy atom. The van der Waals surface area contributed by atoms with E-state index in [1.807, 2.05) is 12.1 Å². The van der Waals surface area contributed by atoms with Gasteiger partial charge in [-0.3, -0.25) is 0 Å². The molecule has 1 aromatic heterocycles. The second kappa shape index (κ2) is 7.23. The van der Waals surface area contributed by atoms with Gasteiger partial charge in [-0.05, 0) is 37.1 Å². The molecule has 0 aliphatic rings. The van der Waals surface area contributed by atoms with Crippen molar-refractivity contribution in [2.45, 2.75) is 45.6 Å². The maximum atomic E-state index is 5.68. The average Bonchev–Trinajstić information content (AvgIpc) is 2.26. The zero-order chi connectivity index (χ0) is 11.8. The van der Waals surface area contributed by atoms with Crippen LogP contribution in [0.25, 0.3) is 0 Å². The van der Waals surface area contributed by atoms with E-state index in [0.29, 0.717) is 11.9 Å². The highest BCUT2D eigenvalue weighted by atomic mass is 14.9. The van der Waals surface area contributed by atoms with Crippen LogP contribution < -0.4 is 11.1 Å². The van der Waals surface area contributed by atoms with Gasteiger partial charge in [0.1, 0.15) is 5.82 Å². The minimum atomic E-state index is 0.562. The molecule has 0 aromatic carbocycles. The zero-order valence-corrected chi connectivity index (χ0v) is 10.4. The summed E-state index contributed by atoms with van der Waals surface area (Å²) in [7, 11) is 0. The third-order valence-electron chi connectivity index (χ3n) is 2.73. The van der Waals surface area contributed by atoms with Crippen molar-refractivity contribution >= 4 is 5.82 Å². The number of nitrogens with two attached hydrogens (primary N) is 1. The van der Waals surface area contributed by atoms with Gasteiger partial charge >= 0.3 is 0 Å². The van der Waals surface area contributed by atoms with Crippen LogP contribution >= 0.6 is 0 Å². The highest BCUT2D eigenvalue weighted by Gasteiger charge is 2.07. The van der Waals surface area contributed by atoms with Gasteiger partial charge in [0.05, 0.1) is 0 Å². The summed E-state index contributed by atoms with van der Waals surface area (Å²) in [6, 6.07) is 4.58. The lowest BCUT2D eigenvalue weighted by Gasteiger charge is -2.17. The van der Waals surface area contributed by atoms with Crippen LogP contribution in [0, 0.1) is 0 Å². The van der Waals surface area contributed by atoms with Crippen molar-refractivity contribution in [3.8, 4) is 0 Å². The van der Waals surface area contributed by atoms with Gasteiger partial charge in [-0.15, -0.1) is 0 Å². The minimum absolute atomic E-state index is 0.562. The van der Waals surface area contributed by atoms with Gasteiger partial charge in [-0.2, -0.15) is 0 Å². The molecule has 1 atom stereocenters. The van der Waals surface area contributed by atoms with Gasteiger partial charge in [-0.1, -0.05) is 26.7 Å². The van der Waals surface area contributed by atoms with Crippen LogP contribution in [0.15, 0.2) is 18.3 Å². The molecule has 0 bridgehead atoms. The Morgan fingerprint density at radius 2 is 2.25 bits per heavy atom. The smallest absolute Gasteiger partial charge is 0.123 e. The van der Waals surface area contributed by atoms with E-state index >= 15 is 0 Å². The monoisotopic (exact) mass is 221 g/mol. The Labute approximate surface area is 98.5 Å². The van der Waals surface area contributed by atoms with E-state index < -0.39 is 0 Å². The van der Waals surface area contributed by atoms with Crippen LogP contribution in [0.1, 0.15) is 38.7 Å². The third kappa shape index (κ3) is 4.62. The molecule has 1 heterocycles. The second-order valence-electron chi connectivity index (χ2n) is 4.19. The molecule has 3 nitrogen and oxygen atoms in total. The summed E-state index contributed by atoms with van der Waals surface area (Å²) in [5.74, 6) is 0.614. The van der Waals surface area contributed by atoms with Crippen LogP contribution in [-0.2, 0) is 6.42 Å². The fourth-order valence-corrected chi connectivity index (χ4v) is 1.92. The van der Waals surface area contributed by atoms with Gasteiger partial charge in [0, 0.05) is 12.2 Å². The van der Waals surface area contributed by atoms with Crippen LogP contribution in [0.5, 0.6) is 0 Å². The standard InChI is InChI=1S/C13H23N3/c1-3-5-6-12(15-4-2)9-11-7-8-16-13(14)10-11/h7-8,10,12,15H,3-6,9H2,1-2H3,(H2,14,16). The molecule has 90 valence electrons. The number of likely N-dealkylation sites (N-methyl/N-ethyl adjacent to an activating group) is 1. The zero-order valence-electron chi connectivity index (χ0n) is 10.4. The van der Waals surface area contributed by atoms with E-state index in [4.69, 9.17) is 5.73 Å². The molecule has 1 unspecified atom stereocenters. The Bertz CT molecular complexity index is 299. The lowest BCUT2D eigenvalue weighted by molar-refractivity contribution is 0.473. The summed E-state index contributed by atoms with van der Waals surface area (Å²) in [6.45, 7) is 5.40. The van der Waals surface area contributed by atoms with Gasteiger partial charge in [0.2, 0.25) is 0 Å². The number of nitrogen functional groups attached to an aromatic ring is 1. The summed E-state index contributed by atoms with van der Waals surface area (Å²) < 4.78 is 0. The Morgan fingerprint density at radius 3 is 2.88 bits per heavy atom. The number of unbranched alkanes of at least 4 members (excludes halogenated alkanes) is 1. The Kier molecular flexibility index (Phi) is 5.86. The molecule has 1 aromatic rings.